The molecule has 0 saturated heterocycles. The summed E-state index contributed by atoms with van der Waals surface area (Å²) in [7, 11) is 0. The van der Waals surface area contributed by atoms with Crippen LogP contribution in [0.15, 0.2) is 60.9 Å². The molecule has 0 radical (unpaired) electrons. The second-order valence-corrected chi connectivity index (χ2v) is 7.08. The van der Waals surface area contributed by atoms with E-state index in [0.717, 1.165) is 37.1 Å². The van der Waals surface area contributed by atoms with Crippen molar-refractivity contribution in [2.24, 2.45) is 5.73 Å². The van der Waals surface area contributed by atoms with Gasteiger partial charge in [-0.05, 0) is 37.3 Å². The van der Waals surface area contributed by atoms with E-state index in [-0.39, 0.29) is 5.82 Å². The highest BCUT2D eigenvalue weighted by atomic mass is 19.1. The summed E-state index contributed by atoms with van der Waals surface area (Å²) in [5, 5.41) is 3.41. The normalized spacial score (nSPS) is 19.6. The largest absolute Gasteiger partial charge is 0.366 e. The standard InChI is InChI=1S/C22H23FN4/c23-22-18(15-5-2-1-3-6-15)7-4-8-19(22)20-13-26-21(14-25-20)27-17-11-9-16(24)10-12-17/h1-8,13-14,16-17H,9-12,24H2,(H,26,27). The lowest BCUT2D eigenvalue weighted by Crippen LogP contribution is -2.33. The van der Waals surface area contributed by atoms with Gasteiger partial charge in [-0.3, -0.25) is 4.98 Å². The lowest BCUT2D eigenvalue weighted by Gasteiger charge is -2.27. The Balaban J connectivity index is 1.54. The first-order valence-electron chi connectivity index (χ1n) is 9.39. The first-order valence-corrected chi connectivity index (χ1v) is 9.39. The van der Waals surface area contributed by atoms with Crippen molar-refractivity contribution in [3.8, 4) is 22.4 Å². The molecule has 1 saturated carbocycles. The third-order valence-corrected chi connectivity index (χ3v) is 5.14. The van der Waals surface area contributed by atoms with Crippen LogP contribution in [0, 0.1) is 5.82 Å². The van der Waals surface area contributed by atoms with Crippen LogP contribution in [0.25, 0.3) is 22.4 Å². The average molecular weight is 362 g/mol. The Hall–Kier alpha value is -2.79. The molecule has 1 aromatic heterocycles. The number of halogens is 1. The molecule has 0 atom stereocenters. The lowest BCUT2D eigenvalue weighted by molar-refractivity contribution is 0.410. The van der Waals surface area contributed by atoms with Gasteiger partial charge in [0.2, 0.25) is 0 Å². The summed E-state index contributed by atoms with van der Waals surface area (Å²) in [4.78, 5) is 8.88. The van der Waals surface area contributed by atoms with Crippen LogP contribution in [0.1, 0.15) is 25.7 Å². The van der Waals surface area contributed by atoms with Crippen molar-refractivity contribution in [3.63, 3.8) is 0 Å². The van der Waals surface area contributed by atoms with Gasteiger partial charge in [0.25, 0.3) is 0 Å². The van der Waals surface area contributed by atoms with Gasteiger partial charge >= 0.3 is 0 Å². The SMILES string of the molecule is NC1CCC(Nc2cnc(-c3cccc(-c4ccccc4)c3F)cn2)CC1. The van der Waals surface area contributed by atoms with Gasteiger partial charge in [0, 0.05) is 23.2 Å². The van der Waals surface area contributed by atoms with E-state index < -0.39 is 0 Å². The predicted octanol–water partition coefficient (Wildman–Crippen LogP) is 4.63. The molecule has 4 rings (SSSR count). The Morgan fingerprint density at radius 2 is 1.59 bits per heavy atom. The molecular formula is C22H23FN4. The maximum Gasteiger partial charge on any atom is 0.144 e. The van der Waals surface area contributed by atoms with Gasteiger partial charge in [-0.1, -0.05) is 42.5 Å². The van der Waals surface area contributed by atoms with E-state index in [4.69, 9.17) is 5.73 Å². The summed E-state index contributed by atoms with van der Waals surface area (Å²) < 4.78 is 15.1. The van der Waals surface area contributed by atoms with Crippen molar-refractivity contribution in [2.45, 2.75) is 37.8 Å². The van der Waals surface area contributed by atoms with Crippen LogP contribution in [0.5, 0.6) is 0 Å². The number of nitrogens with zero attached hydrogens (tertiary/aromatic N) is 2. The molecule has 5 heteroatoms. The summed E-state index contributed by atoms with van der Waals surface area (Å²) in [5.41, 5.74) is 8.35. The molecule has 0 amide bonds. The van der Waals surface area contributed by atoms with Crippen LogP contribution in [-0.2, 0) is 0 Å². The Morgan fingerprint density at radius 3 is 2.30 bits per heavy atom. The Kier molecular flexibility index (Phi) is 5.12. The molecule has 0 unspecified atom stereocenters. The molecule has 27 heavy (non-hydrogen) atoms. The first kappa shape index (κ1) is 17.6. The summed E-state index contributed by atoms with van der Waals surface area (Å²) in [6.07, 6.45) is 7.45. The smallest absolute Gasteiger partial charge is 0.144 e. The summed E-state index contributed by atoms with van der Waals surface area (Å²) in [6.45, 7) is 0. The van der Waals surface area contributed by atoms with Crippen LogP contribution >= 0.6 is 0 Å². The second-order valence-electron chi connectivity index (χ2n) is 7.08. The molecule has 1 aliphatic carbocycles. The molecule has 1 heterocycles. The molecule has 138 valence electrons. The third kappa shape index (κ3) is 3.98. The van der Waals surface area contributed by atoms with Crippen molar-refractivity contribution in [1.29, 1.82) is 0 Å². The number of hydrogen-bond acceptors (Lipinski definition) is 4. The zero-order valence-corrected chi connectivity index (χ0v) is 15.1. The number of nitrogens with two attached hydrogens (primary N) is 1. The van der Waals surface area contributed by atoms with E-state index in [9.17, 15) is 0 Å². The van der Waals surface area contributed by atoms with Crippen LogP contribution in [0.4, 0.5) is 10.2 Å². The first-order chi connectivity index (χ1) is 13.2. The van der Waals surface area contributed by atoms with Crippen molar-refractivity contribution < 1.29 is 4.39 Å². The molecule has 0 bridgehead atoms. The van der Waals surface area contributed by atoms with Crippen LogP contribution < -0.4 is 11.1 Å². The lowest BCUT2D eigenvalue weighted by atomic mass is 9.92. The molecule has 3 aromatic rings. The number of aromatic nitrogens is 2. The van der Waals surface area contributed by atoms with E-state index in [0.29, 0.717) is 28.9 Å². The molecule has 0 aliphatic heterocycles. The van der Waals surface area contributed by atoms with Crippen LogP contribution in [0.2, 0.25) is 0 Å². The molecule has 2 aromatic carbocycles. The zero-order chi connectivity index (χ0) is 18.6. The van der Waals surface area contributed by atoms with Crippen molar-refractivity contribution in [1.82, 2.24) is 9.97 Å². The Bertz CT molecular complexity index is 888. The second kappa shape index (κ2) is 7.84. The minimum absolute atomic E-state index is 0.278. The van der Waals surface area contributed by atoms with Crippen molar-refractivity contribution >= 4 is 5.82 Å². The maximum absolute atomic E-state index is 15.1. The van der Waals surface area contributed by atoms with Crippen molar-refractivity contribution in [3.05, 3.63) is 66.7 Å². The molecular weight excluding hydrogens is 339 g/mol. The fourth-order valence-corrected chi connectivity index (χ4v) is 3.58. The minimum Gasteiger partial charge on any atom is -0.366 e. The van der Waals surface area contributed by atoms with Gasteiger partial charge in [-0.2, -0.15) is 0 Å². The molecule has 1 fully saturated rings. The topological polar surface area (TPSA) is 63.8 Å². The molecule has 1 aliphatic rings. The fraction of sp³-hybridized carbons (Fsp3) is 0.273. The summed E-state index contributed by atoms with van der Waals surface area (Å²) >= 11 is 0. The molecule has 0 spiro atoms. The van der Waals surface area contributed by atoms with Crippen LogP contribution in [0.3, 0.4) is 0 Å². The maximum atomic E-state index is 15.1. The van der Waals surface area contributed by atoms with Gasteiger partial charge in [-0.25, -0.2) is 9.37 Å². The zero-order valence-electron chi connectivity index (χ0n) is 15.1. The van der Waals surface area contributed by atoms with Gasteiger partial charge in [0.05, 0.1) is 18.1 Å². The quantitative estimate of drug-likeness (QED) is 0.710. The number of benzene rings is 2. The van der Waals surface area contributed by atoms with Crippen LogP contribution in [-0.4, -0.2) is 22.1 Å². The monoisotopic (exact) mass is 362 g/mol. The van der Waals surface area contributed by atoms with Gasteiger partial charge < -0.3 is 11.1 Å². The molecule has 3 N–H and O–H groups in total. The minimum atomic E-state index is -0.278. The van der Waals surface area contributed by atoms with Gasteiger partial charge in [0.15, 0.2) is 0 Å². The predicted molar refractivity (Wildman–Crippen MR) is 107 cm³/mol. The van der Waals surface area contributed by atoms with E-state index >= 15 is 4.39 Å². The highest BCUT2D eigenvalue weighted by molar-refractivity contribution is 5.72. The number of rotatable bonds is 4. The van der Waals surface area contributed by atoms with Gasteiger partial charge in [0.1, 0.15) is 11.6 Å². The van der Waals surface area contributed by atoms with E-state index in [1.807, 2.05) is 36.4 Å². The fourth-order valence-electron chi connectivity index (χ4n) is 3.58. The Morgan fingerprint density at radius 1 is 0.852 bits per heavy atom. The summed E-state index contributed by atoms with van der Waals surface area (Å²) in [6, 6.07) is 15.6. The van der Waals surface area contributed by atoms with Crippen molar-refractivity contribution in [2.75, 3.05) is 5.32 Å². The number of nitrogens with one attached hydrogen (secondary N) is 1. The number of anilines is 1. The average Bonchev–Trinajstić information content (AvgIpc) is 2.71. The molecule has 4 nitrogen and oxygen atoms in total. The third-order valence-electron chi connectivity index (χ3n) is 5.14. The summed E-state index contributed by atoms with van der Waals surface area (Å²) in [5.74, 6) is 0.443. The number of hydrogen-bond donors (Lipinski definition) is 2. The Labute approximate surface area is 158 Å². The highest BCUT2D eigenvalue weighted by Gasteiger charge is 2.19. The van der Waals surface area contributed by atoms with E-state index in [2.05, 4.69) is 15.3 Å². The highest BCUT2D eigenvalue weighted by Crippen LogP contribution is 2.30. The van der Waals surface area contributed by atoms with E-state index in [1.165, 1.54) is 0 Å². The van der Waals surface area contributed by atoms with E-state index in [1.54, 1.807) is 24.5 Å². The van der Waals surface area contributed by atoms with Gasteiger partial charge in [-0.15, -0.1) is 0 Å².